The van der Waals surface area contributed by atoms with Crippen LogP contribution in [0, 0.1) is 10.1 Å². The van der Waals surface area contributed by atoms with E-state index in [0.29, 0.717) is 4.90 Å². The molecule has 1 atom stereocenters. The van der Waals surface area contributed by atoms with E-state index in [-0.39, 0.29) is 29.7 Å². The predicted octanol–water partition coefficient (Wildman–Crippen LogP) is 0.423. The van der Waals surface area contributed by atoms with Gasteiger partial charge in [0, 0.05) is 18.6 Å². The Balaban J connectivity index is 1.98. The maximum absolute atomic E-state index is 12.3. The van der Waals surface area contributed by atoms with E-state index in [4.69, 9.17) is 0 Å². The van der Waals surface area contributed by atoms with E-state index in [2.05, 4.69) is 4.74 Å². The SMILES string of the molecule is O=C1CC[C@@H](N2C(=O)c3ccc([N+](=O)[O-])cc3C2=O)C(=O)O1. The van der Waals surface area contributed by atoms with Gasteiger partial charge in [-0.2, -0.15) is 0 Å². The Morgan fingerprint density at radius 2 is 1.82 bits per heavy atom. The van der Waals surface area contributed by atoms with Crippen LogP contribution < -0.4 is 0 Å². The molecule has 2 aliphatic heterocycles. The van der Waals surface area contributed by atoms with Gasteiger partial charge in [0.25, 0.3) is 17.5 Å². The lowest BCUT2D eigenvalue weighted by molar-refractivity contribution is -0.384. The van der Waals surface area contributed by atoms with Crippen molar-refractivity contribution in [1.29, 1.82) is 0 Å². The molecule has 0 saturated carbocycles. The quantitative estimate of drug-likeness (QED) is 0.255. The number of amides is 2. The summed E-state index contributed by atoms with van der Waals surface area (Å²) in [6, 6.07) is 2.09. The summed E-state index contributed by atoms with van der Waals surface area (Å²) in [5, 5.41) is 10.7. The Morgan fingerprint density at radius 3 is 2.45 bits per heavy atom. The number of hydrogen-bond acceptors (Lipinski definition) is 7. The van der Waals surface area contributed by atoms with Gasteiger partial charge in [0.2, 0.25) is 0 Å². The molecule has 22 heavy (non-hydrogen) atoms. The number of nitro groups is 1. The van der Waals surface area contributed by atoms with Crippen LogP contribution in [0.2, 0.25) is 0 Å². The monoisotopic (exact) mass is 304 g/mol. The second kappa shape index (κ2) is 4.72. The minimum absolute atomic E-state index is 0.0136. The smallest absolute Gasteiger partial charge is 0.337 e. The lowest BCUT2D eigenvalue weighted by Gasteiger charge is -2.26. The Hall–Kier alpha value is -3.10. The number of nitro benzene ring substituents is 1. The summed E-state index contributed by atoms with van der Waals surface area (Å²) in [6.07, 6.45) is -0.116. The zero-order valence-corrected chi connectivity index (χ0v) is 11.0. The van der Waals surface area contributed by atoms with Crippen molar-refractivity contribution in [1.82, 2.24) is 4.90 Å². The number of carbonyl (C=O) groups excluding carboxylic acids is 4. The summed E-state index contributed by atoms with van der Waals surface area (Å²) >= 11 is 0. The van der Waals surface area contributed by atoms with Crippen LogP contribution in [-0.4, -0.2) is 39.6 Å². The highest BCUT2D eigenvalue weighted by Gasteiger charge is 2.46. The van der Waals surface area contributed by atoms with Crippen LogP contribution in [0.25, 0.3) is 0 Å². The summed E-state index contributed by atoms with van der Waals surface area (Å²) in [7, 11) is 0. The molecule has 9 nitrogen and oxygen atoms in total. The van der Waals surface area contributed by atoms with Crippen molar-refractivity contribution in [2.75, 3.05) is 0 Å². The van der Waals surface area contributed by atoms with Gasteiger partial charge < -0.3 is 4.74 Å². The van der Waals surface area contributed by atoms with Crippen molar-refractivity contribution in [3.05, 3.63) is 39.4 Å². The van der Waals surface area contributed by atoms with E-state index in [1.807, 2.05) is 0 Å². The third kappa shape index (κ3) is 1.94. The molecule has 9 heteroatoms. The lowest BCUT2D eigenvalue weighted by Crippen LogP contribution is -2.48. The van der Waals surface area contributed by atoms with Crippen molar-refractivity contribution < 1.29 is 28.8 Å². The topological polar surface area (TPSA) is 124 Å². The summed E-state index contributed by atoms with van der Waals surface area (Å²) in [6.45, 7) is 0. The van der Waals surface area contributed by atoms with Crippen LogP contribution in [0.15, 0.2) is 18.2 Å². The van der Waals surface area contributed by atoms with Gasteiger partial charge in [0.05, 0.1) is 16.1 Å². The fraction of sp³-hybridized carbons (Fsp3) is 0.231. The number of rotatable bonds is 2. The number of benzene rings is 1. The van der Waals surface area contributed by atoms with Crippen LogP contribution in [0.5, 0.6) is 0 Å². The fourth-order valence-electron chi connectivity index (χ4n) is 2.48. The predicted molar refractivity (Wildman–Crippen MR) is 67.7 cm³/mol. The molecule has 0 spiro atoms. The van der Waals surface area contributed by atoms with Crippen molar-refractivity contribution in [3.8, 4) is 0 Å². The largest absolute Gasteiger partial charge is 0.392 e. The number of fused-ring (bicyclic) bond motifs is 1. The van der Waals surface area contributed by atoms with Gasteiger partial charge in [-0.3, -0.25) is 29.4 Å². The molecular weight excluding hydrogens is 296 g/mol. The standard InChI is InChI=1S/C13H8N2O7/c16-10-4-3-9(13(19)22-10)14-11(17)7-2-1-6(15(20)21)5-8(7)12(14)18/h1-2,5,9H,3-4H2/t9-/m1/s1. The third-order valence-electron chi connectivity index (χ3n) is 3.53. The normalized spacial score (nSPS) is 20.9. The average Bonchev–Trinajstić information content (AvgIpc) is 2.71. The second-order valence-electron chi connectivity index (χ2n) is 4.81. The second-order valence-corrected chi connectivity index (χ2v) is 4.81. The fourth-order valence-corrected chi connectivity index (χ4v) is 2.48. The Labute approximate surface area is 122 Å². The Bertz CT molecular complexity index is 755. The number of imide groups is 1. The van der Waals surface area contributed by atoms with Crippen LogP contribution in [0.4, 0.5) is 5.69 Å². The van der Waals surface area contributed by atoms with Crippen LogP contribution >= 0.6 is 0 Å². The summed E-state index contributed by atoms with van der Waals surface area (Å²) < 4.78 is 4.44. The molecule has 2 aliphatic rings. The summed E-state index contributed by atoms with van der Waals surface area (Å²) in [5.41, 5.74) is -0.479. The van der Waals surface area contributed by atoms with Crippen molar-refractivity contribution in [2.45, 2.75) is 18.9 Å². The maximum atomic E-state index is 12.3. The highest BCUT2D eigenvalue weighted by Crippen LogP contribution is 2.30. The average molecular weight is 304 g/mol. The van der Waals surface area contributed by atoms with E-state index in [1.54, 1.807) is 0 Å². The highest BCUT2D eigenvalue weighted by molar-refractivity contribution is 6.23. The number of ether oxygens (including phenoxy) is 1. The molecule has 0 unspecified atom stereocenters. The Kier molecular flexibility index (Phi) is 2.98. The minimum Gasteiger partial charge on any atom is -0.392 e. The summed E-state index contributed by atoms with van der Waals surface area (Å²) in [5.74, 6) is -3.22. The molecule has 1 saturated heterocycles. The molecule has 112 valence electrons. The van der Waals surface area contributed by atoms with Gasteiger partial charge >= 0.3 is 11.9 Å². The van der Waals surface area contributed by atoms with E-state index < -0.39 is 34.7 Å². The van der Waals surface area contributed by atoms with Crippen LogP contribution in [-0.2, 0) is 14.3 Å². The van der Waals surface area contributed by atoms with E-state index >= 15 is 0 Å². The zero-order chi connectivity index (χ0) is 16.0. The molecule has 1 aromatic carbocycles. The molecule has 0 bridgehead atoms. The number of hydrogen-bond donors (Lipinski definition) is 0. The first kappa shape index (κ1) is 13.9. The number of non-ortho nitro benzene ring substituents is 1. The van der Waals surface area contributed by atoms with Crippen LogP contribution in [0.3, 0.4) is 0 Å². The van der Waals surface area contributed by atoms with Crippen LogP contribution in [0.1, 0.15) is 33.6 Å². The van der Waals surface area contributed by atoms with Gasteiger partial charge in [-0.1, -0.05) is 0 Å². The zero-order valence-electron chi connectivity index (χ0n) is 11.0. The van der Waals surface area contributed by atoms with E-state index in [9.17, 15) is 29.3 Å². The van der Waals surface area contributed by atoms with Gasteiger partial charge in [0.15, 0.2) is 0 Å². The Morgan fingerprint density at radius 1 is 1.14 bits per heavy atom. The molecule has 2 heterocycles. The first-order valence-electron chi connectivity index (χ1n) is 6.31. The molecule has 0 aliphatic carbocycles. The van der Waals surface area contributed by atoms with Gasteiger partial charge in [-0.15, -0.1) is 0 Å². The van der Waals surface area contributed by atoms with E-state index in [1.165, 1.54) is 6.07 Å². The molecule has 1 fully saturated rings. The van der Waals surface area contributed by atoms with Crippen molar-refractivity contribution in [3.63, 3.8) is 0 Å². The van der Waals surface area contributed by atoms with Gasteiger partial charge in [0.1, 0.15) is 6.04 Å². The molecule has 0 N–H and O–H groups in total. The molecule has 0 radical (unpaired) electrons. The molecule has 0 aromatic heterocycles. The van der Waals surface area contributed by atoms with Crippen molar-refractivity contribution >= 4 is 29.4 Å². The molecule has 1 aromatic rings. The van der Waals surface area contributed by atoms with Gasteiger partial charge in [-0.25, -0.2) is 4.79 Å². The lowest BCUT2D eigenvalue weighted by atomic mass is 10.1. The first-order chi connectivity index (χ1) is 10.4. The van der Waals surface area contributed by atoms with Gasteiger partial charge in [-0.05, 0) is 12.5 Å². The highest BCUT2D eigenvalue weighted by atomic mass is 16.6. The molecule has 3 rings (SSSR count). The van der Waals surface area contributed by atoms with Crippen molar-refractivity contribution in [2.24, 2.45) is 0 Å². The van der Waals surface area contributed by atoms with E-state index in [0.717, 1.165) is 12.1 Å². The number of esters is 2. The maximum Gasteiger partial charge on any atom is 0.337 e. The molecule has 2 amide bonds. The minimum atomic E-state index is -1.19. The number of cyclic esters (lactones) is 2. The number of nitrogens with zero attached hydrogens (tertiary/aromatic N) is 2. The first-order valence-corrected chi connectivity index (χ1v) is 6.31. The third-order valence-corrected chi connectivity index (χ3v) is 3.53. The number of carbonyl (C=O) groups is 4. The summed E-state index contributed by atoms with van der Waals surface area (Å²) in [4.78, 5) is 58.1. The molecular formula is C13H8N2O7.